The lowest BCUT2D eigenvalue weighted by atomic mass is 10.2. The molecule has 3 aromatic rings. The van der Waals surface area contributed by atoms with Crippen molar-refractivity contribution >= 4 is 40.2 Å². The SMILES string of the molecule is O=C(O)c1cccc2c1ncn2-c1cc(Cl)c(F)c(Cl)c1. The molecule has 0 amide bonds. The summed E-state index contributed by atoms with van der Waals surface area (Å²) in [4.78, 5) is 15.3. The number of carbonyl (C=O) groups is 1. The van der Waals surface area contributed by atoms with E-state index in [0.717, 1.165) is 0 Å². The largest absolute Gasteiger partial charge is 0.478 e. The van der Waals surface area contributed by atoms with E-state index in [-0.39, 0.29) is 15.6 Å². The molecule has 1 N–H and O–H groups in total. The number of para-hydroxylation sites is 1. The second kappa shape index (κ2) is 5.02. The number of nitrogens with zero attached hydrogens (tertiary/aromatic N) is 2. The maximum Gasteiger partial charge on any atom is 0.337 e. The van der Waals surface area contributed by atoms with Crippen LogP contribution >= 0.6 is 23.2 Å². The summed E-state index contributed by atoms with van der Waals surface area (Å²) in [5, 5.41) is 8.91. The van der Waals surface area contributed by atoms with E-state index >= 15 is 0 Å². The monoisotopic (exact) mass is 324 g/mol. The van der Waals surface area contributed by atoms with E-state index < -0.39 is 11.8 Å². The molecule has 0 aliphatic carbocycles. The lowest BCUT2D eigenvalue weighted by Crippen LogP contribution is -1.98. The molecule has 4 nitrogen and oxygen atoms in total. The first-order chi connectivity index (χ1) is 9.99. The summed E-state index contributed by atoms with van der Waals surface area (Å²) in [5.74, 6) is -1.77. The molecule has 0 atom stereocenters. The average Bonchev–Trinajstić information content (AvgIpc) is 2.87. The molecule has 0 aliphatic rings. The van der Waals surface area contributed by atoms with E-state index in [1.165, 1.54) is 24.5 Å². The lowest BCUT2D eigenvalue weighted by molar-refractivity contribution is 0.0699. The van der Waals surface area contributed by atoms with Gasteiger partial charge in [-0.2, -0.15) is 0 Å². The normalized spacial score (nSPS) is 11.0. The van der Waals surface area contributed by atoms with Crippen molar-refractivity contribution < 1.29 is 14.3 Å². The first kappa shape index (κ1) is 13.9. The molecule has 7 heteroatoms. The minimum Gasteiger partial charge on any atom is -0.478 e. The number of aromatic carboxylic acids is 1. The highest BCUT2D eigenvalue weighted by Gasteiger charge is 2.15. The van der Waals surface area contributed by atoms with Gasteiger partial charge in [-0.25, -0.2) is 14.2 Å². The Balaban J connectivity index is 2.27. The van der Waals surface area contributed by atoms with Gasteiger partial charge in [-0.1, -0.05) is 29.3 Å². The zero-order chi connectivity index (χ0) is 15.1. The fourth-order valence-corrected chi connectivity index (χ4v) is 2.57. The predicted octanol–water partition coefficient (Wildman–Crippen LogP) is 4.17. The van der Waals surface area contributed by atoms with Crippen molar-refractivity contribution in [2.75, 3.05) is 0 Å². The Morgan fingerprint density at radius 3 is 2.52 bits per heavy atom. The Kier molecular flexibility index (Phi) is 3.31. The van der Waals surface area contributed by atoms with Gasteiger partial charge >= 0.3 is 5.97 Å². The molecular formula is C14H7Cl2FN2O2. The number of hydrogen-bond donors (Lipinski definition) is 1. The quantitative estimate of drug-likeness (QED) is 0.720. The molecule has 3 rings (SSSR count). The highest BCUT2D eigenvalue weighted by atomic mass is 35.5. The van der Waals surface area contributed by atoms with E-state index in [1.807, 2.05) is 0 Å². The number of fused-ring (bicyclic) bond motifs is 1. The summed E-state index contributed by atoms with van der Waals surface area (Å²) >= 11 is 11.6. The summed E-state index contributed by atoms with van der Waals surface area (Å²) in [6.07, 6.45) is 1.44. The van der Waals surface area contributed by atoms with Crippen LogP contribution in [-0.2, 0) is 0 Å². The third-order valence-electron chi connectivity index (χ3n) is 3.05. The highest BCUT2D eigenvalue weighted by molar-refractivity contribution is 6.35. The van der Waals surface area contributed by atoms with Crippen LogP contribution in [0, 0.1) is 5.82 Å². The van der Waals surface area contributed by atoms with Gasteiger partial charge in [0.25, 0.3) is 0 Å². The first-order valence-electron chi connectivity index (χ1n) is 5.83. The van der Waals surface area contributed by atoms with Gasteiger partial charge in [0.15, 0.2) is 5.82 Å². The van der Waals surface area contributed by atoms with Crippen LogP contribution in [0.5, 0.6) is 0 Å². The van der Waals surface area contributed by atoms with Gasteiger partial charge in [-0.3, -0.25) is 4.57 Å². The molecule has 106 valence electrons. The topological polar surface area (TPSA) is 55.1 Å². The molecule has 1 heterocycles. The highest BCUT2D eigenvalue weighted by Crippen LogP contribution is 2.29. The van der Waals surface area contributed by atoms with E-state index in [1.54, 1.807) is 16.7 Å². The van der Waals surface area contributed by atoms with Crippen molar-refractivity contribution in [1.29, 1.82) is 0 Å². The van der Waals surface area contributed by atoms with Gasteiger partial charge in [0.05, 0.1) is 26.8 Å². The minimum atomic E-state index is -1.07. The first-order valence-corrected chi connectivity index (χ1v) is 6.59. The maximum absolute atomic E-state index is 13.5. The van der Waals surface area contributed by atoms with Gasteiger partial charge in [-0.15, -0.1) is 0 Å². The number of rotatable bonds is 2. The number of carboxylic acid groups (broad SMARTS) is 1. The Bertz CT molecular complexity index is 854. The fourth-order valence-electron chi connectivity index (χ4n) is 2.10. The molecule has 2 aromatic carbocycles. The summed E-state index contributed by atoms with van der Waals surface area (Å²) in [6.45, 7) is 0. The zero-order valence-electron chi connectivity index (χ0n) is 10.3. The van der Waals surface area contributed by atoms with Crippen LogP contribution < -0.4 is 0 Å². The summed E-state index contributed by atoms with van der Waals surface area (Å²) in [5.41, 5.74) is 1.48. The van der Waals surface area contributed by atoms with Crippen molar-refractivity contribution in [2.45, 2.75) is 0 Å². The average molecular weight is 325 g/mol. The predicted molar refractivity (Wildman–Crippen MR) is 78.0 cm³/mol. The van der Waals surface area contributed by atoms with Crippen molar-refractivity contribution in [3.63, 3.8) is 0 Å². The number of imidazole rings is 1. The van der Waals surface area contributed by atoms with Gasteiger partial charge in [-0.05, 0) is 24.3 Å². The van der Waals surface area contributed by atoms with Crippen LogP contribution in [0.2, 0.25) is 10.0 Å². The van der Waals surface area contributed by atoms with Gasteiger partial charge in [0.2, 0.25) is 0 Å². The third-order valence-corrected chi connectivity index (χ3v) is 3.60. The number of benzene rings is 2. The Morgan fingerprint density at radius 2 is 1.90 bits per heavy atom. The van der Waals surface area contributed by atoms with Crippen LogP contribution in [0.3, 0.4) is 0 Å². The van der Waals surface area contributed by atoms with E-state index in [9.17, 15) is 9.18 Å². The molecule has 0 bridgehead atoms. The van der Waals surface area contributed by atoms with E-state index in [2.05, 4.69) is 4.98 Å². The van der Waals surface area contributed by atoms with E-state index in [0.29, 0.717) is 16.7 Å². The van der Waals surface area contributed by atoms with E-state index in [4.69, 9.17) is 28.3 Å². The molecule has 21 heavy (non-hydrogen) atoms. The standard InChI is InChI=1S/C14H7Cl2FN2O2/c15-9-4-7(5-10(16)12(9)17)19-6-18-13-8(14(20)21)2-1-3-11(13)19/h1-6H,(H,20,21). The van der Waals surface area contributed by atoms with Crippen LogP contribution in [0.25, 0.3) is 16.7 Å². The number of hydrogen-bond acceptors (Lipinski definition) is 2. The molecule has 0 saturated carbocycles. The van der Waals surface area contributed by atoms with Crippen molar-refractivity contribution in [2.24, 2.45) is 0 Å². The summed E-state index contributed by atoms with van der Waals surface area (Å²) in [6, 6.07) is 7.58. The maximum atomic E-state index is 13.5. The number of carboxylic acids is 1. The van der Waals surface area contributed by atoms with Crippen LogP contribution in [0.1, 0.15) is 10.4 Å². The Morgan fingerprint density at radius 1 is 1.24 bits per heavy atom. The van der Waals surface area contributed by atoms with Gasteiger partial charge in [0.1, 0.15) is 11.8 Å². The summed E-state index contributed by atoms with van der Waals surface area (Å²) in [7, 11) is 0. The Labute approximate surface area is 128 Å². The second-order valence-corrected chi connectivity index (χ2v) is 5.13. The Hall–Kier alpha value is -2.11. The minimum absolute atomic E-state index is 0.0885. The van der Waals surface area contributed by atoms with Crippen molar-refractivity contribution in [3.8, 4) is 5.69 Å². The smallest absolute Gasteiger partial charge is 0.337 e. The molecular weight excluding hydrogens is 318 g/mol. The third kappa shape index (κ3) is 2.24. The molecule has 0 unspecified atom stereocenters. The van der Waals surface area contributed by atoms with Crippen molar-refractivity contribution in [1.82, 2.24) is 9.55 Å². The molecule has 0 radical (unpaired) electrons. The lowest BCUT2D eigenvalue weighted by Gasteiger charge is -2.07. The van der Waals surface area contributed by atoms with Gasteiger partial charge in [0, 0.05) is 0 Å². The fraction of sp³-hybridized carbons (Fsp3) is 0. The number of aromatic nitrogens is 2. The zero-order valence-corrected chi connectivity index (χ0v) is 11.9. The molecule has 0 spiro atoms. The van der Waals surface area contributed by atoms with Crippen LogP contribution in [0.4, 0.5) is 4.39 Å². The molecule has 0 saturated heterocycles. The van der Waals surface area contributed by atoms with Crippen LogP contribution in [-0.4, -0.2) is 20.6 Å². The second-order valence-electron chi connectivity index (χ2n) is 4.32. The molecule has 0 aliphatic heterocycles. The summed E-state index contributed by atoms with van der Waals surface area (Å²) < 4.78 is 15.1. The molecule has 1 aromatic heterocycles. The molecule has 0 fully saturated rings. The van der Waals surface area contributed by atoms with Crippen LogP contribution in [0.15, 0.2) is 36.7 Å². The van der Waals surface area contributed by atoms with Crippen molar-refractivity contribution in [3.05, 3.63) is 58.1 Å². The van der Waals surface area contributed by atoms with Gasteiger partial charge < -0.3 is 5.11 Å². The number of halogens is 3.